The van der Waals surface area contributed by atoms with Crippen molar-refractivity contribution < 1.29 is 5.11 Å². The third-order valence-corrected chi connectivity index (χ3v) is 4.22. The zero-order valence-corrected chi connectivity index (χ0v) is 9.91. The minimum atomic E-state index is -0.0109. The summed E-state index contributed by atoms with van der Waals surface area (Å²) in [6, 6.07) is 0.763. The molecule has 88 valence electrons. The highest BCUT2D eigenvalue weighted by molar-refractivity contribution is 4.80. The van der Waals surface area contributed by atoms with Gasteiger partial charge in [0, 0.05) is 6.04 Å². The van der Waals surface area contributed by atoms with Gasteiger partial charge in [0.25, 0.3) is 0 Å². The van der Waals surface area contributed by atoms with Crippen molar-refractivity contribution in [2.75, 3.05) is 6.54 Å². The van der Waals surface area contributed by atoms with Gasteiger partial charge < -0.3 is 10.4 Å². The minimum Gasteiger partial charge on any atom is -0.393 e. The van der Waals surface area contributed by atoms with Gasteiger partial charge in [-0.1, -0.05) is 6.92 Å². The SMILES string of the molecule is CC1CCC(NCC2CCC(O)C2)CC1. The van der Waals surface area contributed by atoms with Crippen LogP contribution in [0.2, 0.25) is 0 Å². The number of nitrogens with one attached hydrogen (secondary N) is 1. The van der Waals surface area contributed by atoms with Gasteiger partial charge in [-0.25, -0.2) is 0 Å². The van der Waals surface area contributed by atoms with Crippen molar-refractivity contribution in [3.63, 3.8) is 0 Å². The number of hydrogen-bond acceptors (Lipinski definition) is 2. The van der Waals surface area contributed by atoms with E-state index in [1.165, 1.54) is 32.1 Å². The van der Waals surface area contributed by atoms with Gasteiger partial charge in [0.15, 0.2) is 0 Å². The predicted octanol–water partition coefficient (Wildman–Crippen LogP) is 2.32. The van der Waals surface area contributed by atoms with Gasteiger partial charge >= 0.3 is 0 Å². The van der Waals surface area contributed by atoms with E-state index in [4.69, 9.17) is 0 Å². The Hall–Kier alpha value is -0.0800. The maximum atomic E-state index is 9.44. The molecule has 0 heterocycles. The van der Waals surface area contributed by atoms with Gasteiger partial charge in [-0.05, 0) is 63.3 Å². The Kier molecular flexibility index (Phi) is 4.04. The largest absolute Gasteiger partial charge is 0.393 e. The Labute approximate surface area is 93.5 Å². The lowest BCUT2D eigenvalue weighted by atomic mass is 9.87. The average molecular weight is 211 g/mol. The van der Waals surface area contributed by atoms with Crippen LogP contribution in [0.15, 0.2) is 0 Å². The first kappa shape index (κ1) is 11.4. The van der Waals surface area contributed by atoms with Gasteiger partial charge in [0.2, 0.25) is 0 Å². The molecule has 0 radical (unpaired) electrons. The number of aliphatic hydroxyl groups excluding tert-OH is 1. The summed E-state index contributed by atoms with van der Waals surface area (Å²) in [5, 5.41) is 13.1. The maximum Gasteiger partial charge on any atom is 0.0543 e. The molecule has 2 heteroatoms. The summed E-state index contributed by atoms with van der Waals surface area (Å²) in [6.45, 7) is 3.50. The molecule has 0 aliphatic heterocycles. The topological polar surface area (TPSA) is 32.3 Å². The molecule has 0 bridgehead atoms. The standard InChI is InChI=1S/C13H25NO/c1-10-2-5-12(6-3-10)14-9-11-4-7-13(15)8-11/h10-15H,2-9H2,1H3. The average Bonchev–Trinajstić information content (AvgIpc) is 2.64. The fraction of sp³-hybridized carbons (Fsp3) is 1.00. The molecule has 2 atom stereocenters. The smallest absolute Gasteiger partial charge is 0.0543 e. The van der Waals surface area contributed by atoms with Crippen molar-refractivity contribution >= 4 is 0 Å². The molecule has 15 heavy (non-hydrogen) atoms. The fourth-order valence-corrected chi connectivity index (χ4v) is 3.03. The van der Waals surface area contributed by atoms with E-state index >= 15 is 0 Å². The van der Waals surface area contributed by atoms with Crippen LogP contribution in [0.3, 0.4) is 0 Å². The summed E-state index contributed by atoms with van der Waals surface area (Å²) < 4.78 is 0. The van der Waals surface area contributed by atoms with E-state index in [1.807, 2.05) is 0 Å². The molecule has 0 aromatic rings. The van der Waals surface area contributed by atoms with Gasteiger partial charge in [-0.15, -0.1) is 0 Å². The number of rotatable bonds is 3. The third-order valence-electron chi connectivity index (χ3n) is 4.22. The summed E-state index contributed by atoms with van der Waals surface area (Å²) in [5.74, 6) is 1.68. The molecule has 2 fully saturated rings. The normalized spacial score (nSPS) is 42.0. The van der Waals surface area contributed by atoms with E-state index in [9.17, 15) is 5.11 Å². The van der Waals surface area contributed by atoms with Crippen molar-refractivity contribution in [1.29, 1.82) is 0 Å². The van der Waals surface area contributed by atoms with Crippen molar-refractivity contribution in [2.45, 2.75) is 64.0 Å². The van der Waals surface area contributed by atoms with E-state index in [0.29, 0.717) is 0 Å². The lowest BCUT2D eigenvalue weighted by Gasteiger charge is -2.28. The van der Waals surface area contributed by atoms with Crippen LogP contribution in [0.5, 0.6) is 0 Å². The summed E-state index contributed by atoms with van der Waals surface area (Å²) >= 11 is 0. The Morgan fingerprint density at radius 2 is 1.80 bits per heavy atom. The molecule has 0 aromatic carbocycles. The second kappa shape index (κ2) is 5.31. The van der Waals surface area contributed by atoms with Crippen LogP contribution in [0.1, 0.15) is 51.9 Å². The molecule has 2 saturated carbocycles. The highest BCUT2D eigenvalue weighted by atomic mass is 16.3. The Morgan fingerprint density at radius 3 is 2.40 bits per heavy atom. The van der Waals surface area contributed by atoms with E-state index in [-0.39, 0.29) is 6.10 Å². The molecule has 2 aliphatic rings. The molecule has 2 rings (SSSR count). The van der Waals surface area contributed by atoms with Gasteiger partial charge in [0.1, 0.15) is 0 Å². The van der Waals surface area contributed by atoms with Gasteiger partial charge in [-0.3, -0.25) is 0 Å². The van der Waals surface area contributed by atoms with Crippen LogP contribution in [-0.2, 0) is 0 Å². The second-order valence-corrected chi connectivity index (χ2v) is 5.70. The zero-order chi connectivity index (χ0) is 10.7. The first-order valence-corrected chi connectivity index (χ1v) is 6.65. The van der Waals surface area contributed by atoms with Crippen LogP contribution in [0, 0.1) is 11.8 Å². The number of hydrogen-bond donors (Lipinski definition) is 2. The van der Waals surface area contributed by atoms with E-state index in [2.05, 4.69) is 12.2 Å². The molecule has 0 spiro atoms. The highest BCUT2D eigenvalue weighted by Crippen LogP contribution is 2.26. The second-order valence-electron chi connectivity index (χ2n) is 5.70. The molecular weight excluding hydrogens is 186 g/mol. The van der Waals surface area contributed by atoms with E-state index in [0.717, 1.165) is 37.3 Å². The van der Waals surface area contributed by atoms with Crippen LogP contribution in [0.25, 0.3) is 0 Å². The van der Waals surface area contributed by atoms with Crippen LogP contribution in [0.4, 0.5) is 0 Å². The molecule has 2 unspecified atom stereocenters. The predicted molar refractivity (Wildman–Crippen MR) is 62.8 cm³/mol. The molecule has 0 amide bonds. The Balaban J connectivity index is 1.61. The monoisotopic (exact) mass is 211 g/mol. The summed E-state index contributed by atoms with van der Waals surface area (Å²) in [7, 11) is 0. The highest BCUT2D eigenvalue weighted by Gasteiger charge is 2.24. The van der Waals surface area contributed by atoms with Crippen molar-refractivity contribution in [3.8, 4) is 0 Å². The molecule has 2 aliphatic carbocycles. The molecule has 0 aromatic heterocycles. The summed E-state index contributed by atoms with van der Waals surface area (Å²) in [5.41, 5.74) is 0. The first-order chi connectivity index (χ1) is 7.24. The fourth-order valence-electron chi connectivity index (χ4n) is 3.03. The van der Waals surface area contributed by atoms with Crippen LogP contribution >= 0.6 is 0 Å². The Bertz CT molecular complexity index is 187. The van der Waals surface area contributed by atoms with E-state index < -0.39 is 0 Å². The van der Waals surface area contributed by atoms with Crippen molar-refractivity contribution in [3.05, 3.63) is 0 Å². The molecule has 2 nitrogen and oxygen atoms in total. The molecular formula is C13H25NO. The zero-order valence-electron chi connectivity index (χ0n) is 9.91. The summed E-state index contributed by atoms with van der Waals surface area (Å²) in [4.78, 5) is 0. The molecule has 2 N–H and O–H groups in total. The van der Waals surface area contributed by atoms with E-state index in [1.54, 1.807) is 0 Å². The Morgan fingerprint density at radius 1 is 1.07 bits per heavy atom. The van der Waals surface area contributed by atoms with Crippen molar-refractivity contribution in [2.24, 2.45) is 11.8 Å². The quantitative estimate of drug-likeness (QED) is 0.751. The van der Waals surface area contributed by atoms with Crippen molar-refractivity contribution in [1.82, 2.24) is 5.32 Å². The van der Waals surface area contributed by atoms with Gasteiger partial charge in [0.05, 0.1) is 6.10 Å². The van der Waals surface area contributed by atoms with Gasteiger partial charge in [-0.2, -0.15) is 0 Å². The number of aliphatic hydroxyl groups is 1. The maximum absolute atomic E-state index is 9.44. The van der Waals surface area contributed by atoms with Crippen LogP contribution in [-0.4, -0.2) is 23.8 Å². The van der Waals surface area contributed by atoms with Crippen LogP contribution < -0.4 is 5.32 Å². The lowest BCUT2D eigenvalue weighted by Crippen LogP contribution is -2.35. The molecule has 0 saturated heterocycles. The lowest BCUT2D eigenvalue weighted by molar-refractivity contribution is 0.176. The summed E-state index contributed by atoms with van der Waals surface area (Å²) in [6.07, 6.45) is 8.76. The third kappa shape index (κ3) is 3.46. The first-order valence-electron chi connectivity index (χ1n) is 6.65. The minimum absolute atomic E-state index is 0.0109.